The zero-order valence-electron chi connectivity index (χ0n) is 14.2. The van der Waals surface area contributed by atoms with Crippen molar-refractivity contribution in [3.63, 3.8) is 0 Å². The Bertz CT molecular complexity index is 365. The summed E-state index contributed by atoms with van der Waals surface area (Å²) < 4.78 is 0. The lowest BCUT2D eigenvalue weighted by atomic mass is 9.95. The van der Waals surface area contributed by atoms with Gasteiger partial charge in [0, 0.05) is 26.1 Å². The fourth-order valence-corrected chi connectivity index (χ4v) is 3.36. The molecule has 1 rings (SSSR count). The monoisotopic (exact) mass is 334 g/mol. The summed E-state index contributed by atoms with van der Waals surface area (Å²) >= 11 is 0. The van der Waals surface area contributed by atoms with Crippen molar-refractivity contribution in [3.05, 3.63) is 0 Å². The summed E-state index contributed by atoms with van der Waals surface area (Å²) in [6.45, 7) is 9.41. The van der Waals surface area contributed by atoms with Crippen molar-refractivity contribution in [1.82, 2.24) is 10.2 Å². The Kier molecular flexibility index (Phi) is 9.69. The Morgan fingerprint density at radius 3 is 2.45 bits per heavy atom. The average Bonchev–Trinajstić information content (AvgIpc) is 2.80. The van der Waals surface area contributed by atoms with Gasteiger partial charge in [-0.15, -0.1) is 12.4 Å². The number of hydrogen-bond acceptors (Lipinski definition) is 3. The summed E-state index contributed by atoms with van der Waals surface area (Å²) in [5.74, 6) is 0.0421. The Hall–Kier alpha value is -0.810. The molecule has 3 unspecified atom stereocenters. The minimum absolute atomic E-state index is 0. The Labute approximate surface area is 140 Å². The highest BCUT2D eigenvalue weighted by Gasteiger charge is 2.37. The van der Waals surface area contributed by atoms with Crippen LogP contribution in [-0.4, -0.2) is 47.1 Å². The molecule has 1 heterocycles. The van der Waals surface area contributed by atoms with Crippen molar-refractivity contribution >= 4 is 24.3 Å². The first kappa shape index (κ1) is 21.2. The number of carboxylic acids is 1. The highest BCUT2D eigenvalue weighted by molar-refractivity contribution is 5.85. The molecule has 1 aliphatic heterocycles. The van der Waals surface area contributed by atoms with Gasteiger partial charge in [0.05, 0.1) is 0 Å². The molecule has 5 nitrogen and oxygen atoms in total. The van der Waals surface area contributed by atoms with E-state index in [0.717, 1.165) is 38.8 Å². The van der Waals surface area contributed by atoms with E-state index in [2.05, 4.69) is 24.1 Å². The lowest BCUT2D eigenvalue weighted by molar-refractivity contribution is -0.142. The second-order valence-electron chi connectivity index (χ2n) is 6.36. The molecule has 130 valence electrons. The smallest absolute Gasteiger partial charge is 0.320 e. The number of halogens is 1. The molecule has 0 radical (unpaired) electrons. The molecule has 0 aromatic carbocycles. The molecule has 0 bridgehead atoms. The van der Waals surface area contributed by atoms with Crippen molar-refractivity contribution in [1.29, 1.82) is 0 Å². The average molecular weight is 335 g/mol. The van der Waals surface area contributed by atoms with E-state index < -0.39 is 5.97 Å². The third kappa shape index (κ3) is 6.13. The normalized spacial score (nSPS) is 24.4. The second-order valence-corrected chi connectivity index (χ2v) is 6.36. The van der Waals surface area contributed by atoms with E-state index in [0.29, 0.717) is 11.8 Å². The van der Waals surface area contributed by atoms with Gasteiger partial charge in [-0.25, -0.2) is 0 Å². The summed E-state index contributed by atoms with van der Waals surface area (Å²) in [5, 5.41) is 12.4. The summed E-state index contributed by atoms with van der Waals surface area (Å²) in [5.41, 5.74) is 0. The molecule has 4 atom stereocenters. The SMILES string of the molecule is CCC[C@@H](CN1CC(CC)CC1C(=O)O)C(C)NC(C)=O.Cl. The molecular weight excluding hydrogens is 304 g/mol. The number of aliphatic carboxylic acids is 1. The van der Waals surface area contributed by atoms with E-state index in [9.17, 15) is 14.7 Å². The number of carboxylic acid groups (broad SMARTS) is 1. The first-order valence-electron chi connectivity index (χ1n) is 8.12. The lowest BCUT2D eigenvalue weighted by Crippen LogP contribution is -2.45. The molecule has 6 heteroatoms. The number of rotatable bonds is 8. The number of amides is 1. The second kappa shape index (κ2) is 10.1. The molecule has 0 spiro atoms. The molecule has 1 amide bonds. The molecule has 0 aliphatic carbocycles. The standard InChI is InChI=1S/C16H30N2O3.ClH/c1-5-7-14(11(3)17-12(4)19)10-18-9-13(6-2)8-15(18)16(20)21;/h11,13-15H,5-10H2,1-4H3,(H,17,19)(H,20,21);1H/t11?,13?,14-,15?;/m0./s1. The molecule has 1 aliphatic rings. The van der Waals surface area contributed by atoms with Crippen molar-refractivity contribution in [2.45, 2.75) is 65.5 Å². The maximum Gasteiger partial charge on any atom is 0.320 e. The fourth-order valence-electron chi connectivity index (χ4n) is 3.36. The third-order valence-corrected chi connectivity index (χ3v) is 4.62. The number of hydrogen-bond donors (Lipinski definition) is 2. The van der Waals surface area contributed by atoms with E-state index in [1.54, 1.807) is 0 Å². The van der Waals surface area contributed by atoms with Gasteiger partial charge in [0.25, 0.3) is 0 Å². The minimum Gasteiger partial charge on any atom is -0.480 e. The van der Waals surface area contributed by atoms with Crippen LogP contribution in [0.15, 0.2) is 0 Å². The predicted octanol–water partition coefficient (Wildman–Crippen LogP) is 2.53. The third-order valence-electron chi connectivity index (χ3n) is 4.62. The van der Waals surface area contributed by atoms with Crippen LogP contribution < -0.4 is 5.32 Å². The van der Waals surface area contributed by atoms with Crippen LogP contribution in [0.25, 0.3) is 0 Å². The van der Waals surface area contributed by atoms with Crippen LogP contribution in [0.3, 0.4) is 0 Å². The number of nitrogens with zero attached hydrogens (tertiary/aromatic N) is 1. The van der Waals surface area contributed by atoms with Gasteiger partial charge >= 0.3 is 5.97 Å². The lowest BCUT2D eigenvalue weighted by Gasteiger charge is -2.31. The topological polar surface area (TPSA) is 69.6 Å². The van der Waals surface area contributed by atoms with Gasteiger partial charge < -0.3 is 10.4 Å². The van der Waals surface area contributed by atoms with Gasteiger partial charge in [-0.3, -0.25) is 14.5 Å². The van der Waals surface area contributed by atoms with E-state index in [1.807, 2.05) is 6.92 Å². The quantitative estimate of drug-likeness (QED) is 0.715. The summed E-state index contributed by atoms with van der Waals surface area (Å²) in [4.78, 5) is 24.8. The molecule has 1 fully saturated rings. The van der Waals surface area contributed by atoms with Crippen molar-refractivity contribution in [2.24, 2.45) is 11.8 Å². The van der Waals surface area contributed by atoms with Crippen LogP contribution in [0.4, 0.5) is 0 Å². The van der Waals surface area contributed by atoms with Crippen LogP contribution in [0.2, 0.25) is 0 Å². The Balaban J connectivity index is 0.00000441. The first-order valence-corrected chi connectivity index (χ1v) is 8.12. The minimum atomic E-state index is -0.714. The molecule has 0 saturated carbocycles. The molecular formula is C16H31ClN2O3. The van der Waals surface area contributed by atoms with Gasteiger partial charge in [-0.05, 0) is 31.6 Å². The van der Waals surface area contributed by atoms with Crippen LogP contribution in [-0.2, 0) is 9.59 Å². The summed E-state index contributed by atoms with van der Waals surface area (Å²) in [7, 11) is 0. The highest BCUT2D eigenvalue weighted by Crippen LogP contribution is 2.28. The van der Waals surface area contributed by atoms with Crippen molar-refractivity contribution in [3.8, 4) is 0 Å². The van der Waals surface area contributed by atoms with E-state index in [-0.39, 0.29) is 30.4 Å². The van der Waals surface area contributed by atoms with Gasteiger partial charge in [-0.1, -0.05) is 26.7 Å². The predicted molar refractivity (Wildman–Crippen MR) is 90.3 cm³/mol. The molecule has 22 heavy (non-hydrogen) atoms. The molecule has 1 saturated heterocycles. The molecule has 2 N–H and O–H groups in total. The van der Waals surface area contributed by atoms with Crippen LogP contribution in [0, 0.1) is 11.8 Å². The zero-order chi connectivity index (χ0) is 16.0. The van der Waals surface area contributed by atoms with Crippen LogP contribution in [0.5, 0.6) is 0 Å². The maximum absolute atomic E-state index is 11.4. The summed E-state index contributed by atoms with van der Waals surface area (Å²) in [6.07, 6.45) is 3.82. The fraction of sp³-hybridized carbons (Fsp3) is 0.875. The highest BCUT2D eigenvalue weighted by atomic mass is 35.5. The van der Waals surface area contributed by atoms with E-state index in [1.165, 1.54) is 6.92 Å². The largest absolute Gasteiger partial charge is 0.480 e. The van der Waals surface area contributed by atoms with Crippen LogP contribution in [0.1, 0.15) is 53.4 Å². The first-order chi connectivity index (χ1) is 9.88. The van der Waals surface area contributed by atoms with Gasteiger partial charge in [0.15, 0.2) is 0 Å². The zero-order valence-corrected chi connectivity index (χ0v) is 15.0. The Morgan fingerprint density at radius 2 is 2.00 bits per heavy atom. The van der Waals surface area contributed by atoms with Gasteiger partial charge in [-0.2, -0.15) is 0 Å². The van der Waals surface area contributed by atoms with Gasteiger partial charge in [0.1, 0.15) is 6.04 Å². The summed E-state index contributed by atoms with van der Waals surface area (Å²) in [6, 6.07) is -0.281. The maximum atomic E-state index is 11.4. The number of nitrogens with one attached hydrogen (secondary N) is 1. The number of carbonyl (C=O) groups is 2. The molecule has 0 aromatic rings. The number of carbonyl (C=O) groups excluding carboxylic acids is 1. The number of likely N-dealkylation sites (tertiary alicyclic amines) is 1. The van der Waals surface area contributed by atoms with E-state index >= 15 is 0 Å². The van der Waals surface area contributed by atoms with E-state index in [4.69, 9.17) is 0 Å². The van der Waals surface area contributed by atoms with Crippen LogP contribution >= 0.6 is 12.4 Å². The van der Waals surface area contributed by atoms with Crippen molar-refractivity contribution in [2.75, 3.05) is 13.1 Å². The molecule has 0 aromatic heterocycles. The Morgan fingerprint density at radius 1 is 1.36 bits per heavy atom. The van der Waals surface area contributed by atoms with Gasteiger partial charge in [0.2, 0.25) is 5.91 Å². The van der Waals surface area contributed by atoms with Crippen molar-refractivity contribution < 1.29 is 14.7 Å².